The molecule has 1 aromatic carbocycles. The van der Waals surface area contributed by atoms with Gasteiger partial charge in [-0.05, 0) is 30.3 Å². The van der Waals surface area contributed by atoms with Crippen LogP contribution in [0.25, 0.3) is 0 Å². The highest BCUT2D eigenvalue weighted by Crippen LogP contribution is 2.34. The number of anilines is 4. The van der Waals surface area contributed by atoms with Gasteiger partial charge in [0.2, 0.25) is 0 Å². The van der Waals surface area contributed by atoms with E-state index in [1.54, 1.807) is 6.07 Å². The number of nitrogen functional groups attached to an aromatic ring is 2. The van der Waals surface area contributed by atoms with Gasteiger partial charge in [0, 0.05) is 0 Å². The van der Waals surface area contributed by atoms with Crippen molar-refractivity contribution in [2.24, 2.45) is 0 Å². The van der Waals surface area contributed by atoms with Crippen LogP contribution < -0.4 is 16.8 Å². The van der Waals surface area contributed by atoms with Gasteiger partial charge in [0.15, 0.2) is 0 Å². The van der Waals surface area contributed by atoms with E-state index in [-0.39, 0.29) is 16.5 Å². The van der Waals surface area contributed by atoms with Gasteiger partial charge in [-0.2, -0.15) is 13.2 Å². The first-order valence-electron chi connectivity index (χ1n) is 5.43. The normalized spacial score (nSPS) is 11.4. The van der Waals surface area contributed by atoms with E-state index in [9.17, 15) is 13.2 Å². The molecule has 0 aliphatic rings. The van der Waals surface area contributed by atoms with Crippen LogP contribution in [0.15, 0.2) is 30.3 Å². The summed E-state index contributed by atoms with van der Waals surface area (Å²) in [6.07, 6.45) is -4.44. The van der Waals surface area contributed by atoms with Crippen LogP contribution in [0.5, 0.6) is 0 Å². The maximum atomic E-state index is 12.5. The highest BCUT2D eigenvalue weighted by molar-refractivity contribution is 6.33. The summed E-state index contributed by atoms with van der Waals surface area (Å²) in [5.41, 5.74) is 10.8. The molecule has 1 aromatic heterocycles. The zero-order valence-corrected chi connectivity index (χ0v) is 10.8. The van der Waals surface area contributed by atoms with E-state index < -0.39 is 11.7 Å². The number of alkyl halides is 3. The molecule has 2 rings (SSSR count). The summed E-state index contributed by atoms with van der Waals surface area (Å²) in [6, 6.07) is 6.06. The van der Waals surface area contributed by atoms with Gasteiger partial charge in [0.25, 0.3) is 0 Å². The van der Waals surface area contributed by atoms with Crippen LogP contribution in [0.1, 0.15) is 5.56 Å². The number of nitrogens with one attached hydrogen (secondary N) is 1. The number of pyridine rings is 1. The Hall–Kier alpha value is -2.15. The van der Waals surface area contributed by atoms with Crippen LogP contribution in [0.2, 0.25) is 5.02 Å². The summed E-state index contributed by atoms with van der Waals surface area (Å²) >= 11 is 5.81. The second-order valence-electron chi connectivity index (χ2n) is 3.99. The van der Waals surface area contributed by atoms with Gasteiger partial charge < -0.3 is 16.8 Å². The smallest absolute Gasteiger partial charge is 0.396 e. The molecule has 0 amide bonds. The van der Waals surface area contributed by atoms with E-state index >= 15 is 0 Å². The first kappa shape index (κ1) is 14.3. The first-order valence-corrected chi connectivity index (χ1v) is 5.81. The van der Waals surface area contributed by atoms with Crippen LogP contribution in [0.4, 0.5) is 36.2 Å². The summed E-state index contributed by atoms with van der Waals surface area (Å²) in [6.45, 7) is 0. The highest BCUT2D eigenvalue weighted by atomic mass is 35.5. The van der Waals surface area contributed by atoms with Crippen molar-refractivity contribution in [2.75, 3.05) is 16.8 Å². The number of nitrogens with two attached hydrogens (primary N) is 2. The third-order valence-electron chi connectivity index (χ3n) is 2.52. The fourth-order valence-electron chi connectivity index (χ4n) is 1.49. The van der Waals surface area contributed by atoms with E-state index in [4.69, 9.17) is 23.1 Å². The molecule has 0 spiro atoms. The molecule has 20 heavy (non-hydrogen) atoms. The fourth-order valence-corrected chi connectivity index (χ4v) is 1.71. The molecule has 2 aromatic rings. The topological polar surface area (TPSA) is 77.0 Å². The zero-order valence-electron chi connectivity index (χ0n) is 10.0. The van der Waals surface area contributed by atoms with Crippen molar-refractivity contribution in [3.63, 3.8) is 0 Å². The molecule has 0 atom stereocenters. The minimum Gasteiger partial charge on any atom is -0.396 e. The molecule has 1 heterocycles. The summed E-state index contributed by atoms with van der Waals surface area (Å²) < 4.78 is 37.5. The molecule has 4 nitrogen and oxygen atoms in total. The quantitative estimate of drug-likeness (QED) is 0.791. The molecule has 5 N–H and O–H groups in total. The monoisotopic (exact) mass is 302 g/mol. The van der Waals surface area contributed by atoms with E-state index in [2.05, 4.69) is 10.3 Å². The van der Waals surface area contributed by atoms with E-state index in [0.29, 0.717) is 11.5 Å². The third-order valence-corrected chi connectivity index (χ3v) is 2.83. The predicted molar refractivity (Wildman–Crippen MR) is 72.8 cm³/mol. The Bertz CT molecular complexity index is 643. The Morgan fingerprint density at radius 2 is 1.80 bits per heavy atom. The van der Waals surface area contributed by atoms with Gasteiger partial charge in [0.1, 0.15) is 11.6 Å². The van der Waals surface area contributed by atoms with E-state index in [1.165, 1.54) is 12.1 Å². The first-order chi connectivity index (χ1) is 9.27. The molecule has 0 fully saturated rings. The lowest BCUT2D eigenvalue weighted by atomic mass is 10.2. The van der Waals surface area contributed by atoms with Crippen LogP contribution >= 0.6 is 11.6 Å². The molecule has 0 unspecified atom stereocenters. The van der Waals surface area contributed by atoms with Gasteiger partial charge in [-0.1, -0.05) is 11.6 Å². The number of benzene rings is 1. The van der Waals surface area contributed by atoms with Crippen molar-refractivity contribution in [3.8, 4) is 0 Å². The molecule has 0 saturated heterocycles. The number of hydrogen-bond acceptors (Lipinski definition) is 4. The average Bonchev–Trinajstić information content (AvgIpc) is 2.35. The molecule has 0 radical (unpaired) electrons. The van der Waals surface area contributed by atoms with Crippen molar-refractivity contribution in [2.45, 2.75) is 6.18 Å². The van der Waals surface area contributed by atoms with Gasteiger partial charge in [0.05, 0.1) is 22.0 Å². The van der Waals surface area contributed by atoms with Gasteiger partial charge in [-0.3, -0.25) is 0 Å². The van der Waals surface area contributed by atoms with Crippen molar-refractivity contribution >= 4 is 34.6 Å². The second kappa shape index (κ2) is 5.09. The highest BCUT2D eigenvalue weighted by Gasteiger charge is 2.30. The largest absolute Gasteiger partial charge is 0.416 e. The fraction of sp³-hybridized carbons (Fsp3) is 0.0833. The second-order valence-corrected chi connectivity index (χ2v) is 4.40. The number of rotatable bonds is 2. The number of aromatic nitrogens is 1. The standard InChI is InChI=1S/C12H10ClF3N4/c13-7-5-6(12(14,15)16)1-3-9(7)19-10-4-2-8(17)11(18)20-10/h1-5H,17H2,(H3,18,19,20). The molecule has 0 aliphatic heterocycles. The summed E-state index contributed by atoms with van der Waals surface area (Å²) in [7, 11) is 0. The van der Waals surface area contributed by atoms with Crippen LogP contribution in [-0.2, 0) is 6.18 Å². The maximum Gasteiger partial charge on any atom is 0.416 e. The van der Waals surface area contributed by atoms with Gasteiger partial charge in [-0.25, -0.2) is 4.98 Å². The van der Waals surface area contributed by atoms with Gasteiger partial charge in [-0.15, -0.1) is 0 Å². The average molecular weight is 303 g/mol. The number of nitrogens with zero attached hydrogens (tertiary/aromatic N) is 1. The van der Waals surface area contributed by atoms with E-state index in [0.717, 1.165) is 12.1 Å². The SMILES string of the molecule is Nc1ccc(Nc2ccc(C(F)(F)F)cc2Cl)nc1N. The van der Waals surface area contributed by atoms with Crippen molar-refractivity contribution < 1.29 is 13.2 Å². The van der Waals surface area contributed by atoms with Crippen LogP contribution in [-0.4, -0.2) is 4.98 Å². The number of halogens is 4. The molecular formula is C12H10ClF3N4. The summed E-state index contributed by atoms with van der Waals surface area (Å²) in [5, 5.41) is 2.70. The van der Waals surface area contributed by atoms with Crippen molar-refractivity contribution in [3.05, 3.63) is 40.9 Å². The molecule has 0 bridgehead atoms. The minimum absolute atomic E-state index is 0.0722. The lowest BCUT2D eigenvalue weighted by Crippen LogP contribution is -2.05. The maximum absolute atomic E-state index is 12.5. The Kier molecular flexibility index (Phi) is 3.63. The third kappa shape index (κ3) is 3.05. The molecular weight excluding hydrogens is 293 g/mol. The zero-order chi connectivity index (χ0) is 14.9. The van der Waals surface area contributed by atoms with Crippen LogP contribution in [0.3, 0.4) is 0 Å². The molecule has 8 heteroatoms. The number of hydrogen-bond donors (Lipinski definition) is 3. The molecule has 0 aliphatic carbocycles. The van der Waals surface area contributed by atoms with Crippen LogP contribution in [0, 0.1) is 0 Å². The van der Waals surface area contributed by atoms with E-state index in [1.807, 2.05) is 0 Å². The summed E-state index contributed by atoms with van der Waals surface area (Å²) in [5.74, 6) is 0.455. The lowest BCUT2D eigenvalue weighted by molar-refractivity contribution is -0.137. The molecule has 0 saturated carbocycles. The Morgan fingerprint density at radius 1 is 1.10 bits per heavy atom. The lowest BCUT2D eigenvalue weighted by Gasteiger charge is -2.12. The summed E-state index contributed by atoms with van der Waals surface area (Å²) in [4.78, 5) is 3.94. The van der Waals surface area contributed by atoms with Gasteiger partial charge >= 0.3 is 6.18 Å². The van der Waals surface area contributed by atoms with Crippen molar-refractivity contribution in [1.29, 1.82) is 0 Å². The predicted octanol–water partition coefficient (Wildman–Crippen LogP) is 3.66. The Morgan fingerprint density at radius 3 is 2.35 bits per heavy atom. The molecule has 106 valence electrons. The minimum atomic E-state index is -4.44. The Labute approximate surface area is 117 Å². The Balaban J connectivity index is 2.28. The van der Waals surface area contributed by atoms with Crippen molar-refractivity contribution in [1.82, 2.24) is 4.98 Å².